The summed E-state index contributed by atoms with van der Waals surface area (Å²) in [5.41, 5.74) is 12.0. The van der Waals surface area contributed by atoms with Crippen LogP contribution in [0.5, 0.6) is 0 Å². The smallest absolute Gasteiger partial charge is 0.0549 e. The standard InChI is InChI=1S/C46H30N2/c1-2-12-31(13-3-1)33-22-24-34(25-23-33)37-16-6-9-19-40(37)48-42-21-11-8-18-39(42)46-44(48)29-28-43-45(46)38-17-7-10-20-41(38)47(43)36-27-26-32-14-4-5-15-35(32)30-36/h1-30H. The molecule has 0 spiro atoms. The van der Waals surface area contributed by atoms with Gasteiger partial charge in [0.05, 0.1) is 27.8 Å². The average Bonchev–Trinajstić information content (AvgIpc) is 3.68. The van der Waals surface area contributed by atoms with Gasteiger partial charge < -0.3 is 9.13 Å². The van der Waals surface area contributed by atoms with Crippen LogP contribution in [0.15, 0.2) is 182 Å². The zero-order valence-electron chi connectivity index (χ0n) is 26.2. The first-order valence-corrected chi connectivity index (χ1v) is 16.5. The van der Waals surface area contributed by atoms with Gasteiger partial charge in [-0.2, -0.15) is 0 Å². The van der Waals surface area contributed by atoms with Crippen molar-refractivity contribution in [1.29, 1.82) is 0 Å². The normalized spacial score (nSPS) is 11.8. The second kappa shape index (κ2) is 10.6. The highest BCUT2D eigenvalue weighted by atomic mass is 15.0. The monoisotopic (exact) mass is 610 g/mol. The van der Waals surface area contributed by atoms with E-state index < -0.39 is 0 Å². The summed E-state index contributed by atoms with van der Waals surface area (Å²) in [4.78, 5) is 0. The molecule has 2 heterocycles. The highest BCUT2D eigenvalue weighted by Gasteiger charge is 2.21. The van der Waals surface area contributed by atoms with E-state index in [-0.39, 0.29) is 0 Å². The molecule has 0 fully saturated rings. The summed E-state index contributed by atoms with van der Waals surface area (Å²) >= 11 is 0. The first kappa shape index (κ1) is 26.8. The molecule has 0 aliphatic carbocycles. The molecule has 0 N–H and O–H groups in total. The molecule has 0 radical (unpaired) electrons. The van der Waals surface area contributed by atoms with E-state index in [2.05, 4.69) is 191 Å². The topological polar surface area (TPSA) is 9.86 Å². The van der Waals surface area contributed by atoms with Gasteiger partial charge in [-0.15, -0.1) is 0 Å². The van der Waals surface area contributed by atoms with Crippen LogP contribution >= 0.6 is 0 Å². The van der Waals surface area contributed by atoms with Gasteiger partial charge in [0.1, 0.15) is 0 Å². The van der Waals surface area contributed by atoms with Gasteiger partial charge in [-0.1, -0.05) is 140 Å². The average molecular weight is 611 g/mol. The van der Waals surface area contributed by atoms with Crippen molar-refractivity contribution < 1.29 is 0 Å². The molecule has 0 saturated carbocycles. The van der Waals surface area contributed by atoms with Crippen LogP contribution in [-0.4, -0.2) is 9.13 Å². The maximum absolute atomic E-state index is 2.46. The van der Waals surface area contributed by atoms with Crippen LogP contribution < -0.4 is 0 Å². The zero-order chi connectivity index (χ0) is 31.6. The number of fused-ring (bicyclic) bond motifs is 8. The van der Waals surface area contributed by atoms with E-state index in [0.717, 1.165) is 0 Å². The molecular weight excluding hydrogens is 581 g/mol. The molecule has 10 aromatic rings. The fraction of sp³-hybridized carbons (Fsp3) is 0. The molecule has 0 aliphatic rings. The van der Waals surface area contributed by atoms with E-state index in [1.807, 2.05) is 0 Å². The Morgan fingerprint density at radius 3 is 1.60 bits per heavy atom. The molecule has 0 atom stereocenters. The van der Waals surface area contributed by atoms with Crippen LogP contribution in [0.1, 0.15) is 0 Å². The molecule has 2 nitrogen and oxygen atoms in total. The Kier molecular flexibility index (Phi) is 5.91. The van der Waals surface area contributed by atoms with E-state index >= 15 is 0 Å². The van der Waals surface area contributed by atoms with E-state index in [0.29, 0.717) is 0 Å². The van der Waals surface area contributed by atoms with Crippen LogP contribution in [-0.2, 0) is 0 Å². The lowest BCUT2D eigenvalue weighted by Crippen LogP contribution is -1.97. The Balaban J connectivity index is 1.24. The van der Waals surface area contributed by atoms with E-state index in [9.17, 15) is 0 Å². The fourth-order valence-electron chi connectivity index (χ4n) is 7.76. The van der Waals surface area contributed by atoms with Gasteiger partial charge in [-0.05, 0) is 69.9 Å². The molecule has 2 aromatic heterocycles. The molecule has 10 rings (SSSR count). The lowest BCUT2D eigenvalue weighted by atomic mass is 9.99. The van der Waals surface area contributed by atoms with Gasteiger partial charge in [-0.3, -0.25) is 0 Å². The molecule has 0 aliphatic heterocycles. The third kappa shape index (κ3) is 4.00. The van der Waals surface area contributed by atoms with Crippen molar-refractivity contribution in [1.82, 2.24) is 9.13 Å². The predicted octanol–water partition coefficient (Wildman–Crippen LogP) is 12.4. The second-order valence-electron chi connectivity index (χ2n) is 12.6. The third-order valence-electron chi connectivity index (χ3n) is 9.91. The summed E-state index contributed by atoms with van der Waals surface area (Å²) in [6.45, 7) is 0. The SMILES string of the molecule is c1ccc(-c2ccc(-c3ccccc3-n3c4ccccc4c4c5c6ccccc6n(-c6ccc7ccccc7c6)c5ccc43)cc2)cc1. The van der Waals surface area contributed by atoms with Crippen LogP contribution in [0.2, 0.25) is 0 Å². The minimum atomic E-state index is 1.17. The molecule has 0 saturated heterocycles. The minimum Gasteiger partial charge on any atom is -0.309 e. The quantitative estimate of drug-likeness (QED) is 0.188. The number of nitrogens with zero attached hydrogens (tertiary/aromatic N) is 2. The van der Waals surface area contributed by atoms with Crippen molar-refractivity contribution >= 4 is 54.4 Å². The molecule has 0 unspecified atom stereocenters. The molecule has 224 valence electrons. The third-order valence-corrected chi connectivity index (χ3v) is 9.91. The van der Waals surface area contributed by atoms with E-state index in [4.69, 9.17) is 0 Å². The largest absolute Gasteiger partial charge is 0.309 e. The number of para-hydroxylation sites is 3. The Labute approximate surface area is 278 Å². The van der Waals surface area contributed by atoms with Crippen LogP contribution in [0.25, 0.3) is 88.0 Å². The van der Waals surface area contributed by atoms with Gasteiger partial charge in [-0.25, -0.2) is 0 Å². The minimum absolute atomic E-state index is 1.17. The Hall–Kier alpha value is -6.38. The number of hydrogen-bond acceptors (Lipinski definition) is 0. The lowest BCUT2D eigenvalue weighted by Gasteiger charge is -2.15. The van der Waals surface area contributed by atoms with Gasteiger partial charge >= 0.3 is 0 Å². The summed E-state index contributed by atoms with van der Waals surface area (Å²) in [5, 5.41) is 7.59. The number of benzene rings is 8. The van der Waals surface area contributed by atoms with E-state index in [1.54, 1.807) is 0 Å². The summed E-state index contributed by atoms with van der Waals surface area (Å²) < 4.78 is 4.90. The second-order valence-corrected chi connectivity index (χ2v) is 12.6. The van der Waals surface area contributed by atoms with Crippen molar-refractivity contribution in [3.8, 4) is 33.6 Å². The number of aromatic nitrogens is 2. The predicted molar refractivity (Wildman–Crippen MR) is 203 cm³/mol. The summed E-state index contributed by atoms with van der Waals surface area (Å²) in [5.74, 6) is 0. The Bertz CT molecular complexity index is 2820. The number of rotatable bonds is 4. The van der Waals surface area contributed by atoms with Crippen molar-refractivity contribution in [3.63, 3.8) is 0 Å². The van der Waals surface area contributed by atoms with Gasteiger partial charge in [0.25, 0.3) is 0 Å². The molecule has 2 heteroatoms. The summed E-state index contributed by atoms with van der Waals surface area (Å²) in [6, 6.07) is 66.1. The highest BCUT2D eigenvalue weighted by molar-refractivity contribution is 6.29. The molecule has 0 bridgehead atoms. The van der Waals surface area contributed by atoms with Gasteiger partial charge in [0.2, 0.25) is 0 Å². The molecule has 8 aromatic carbocycles. The fourth-order valence-corrected chi connectivity index (χ4v) is 7.76. The lowest BCUT2D eigenvalue weighted by molar-refractivity contribution is 1.17. The zero-order valence-corrected chi connectivity index (χ0v) is 26.2. The van der Waals surface area contributed by atoms with Crippen molar-refractivity contribution in [2.45, 2.75) is 0 Å². The maximum Gasteiger partial charge on any atom is 0.0549 e. The first-order chi connectivity index (χ1) is 23.8. The van der Waals surface area contributed by atoms with Crippen LogP contribution in [0.4, 0.5) is 0 Å². The Morgan fingerprint density at radius 1 is 0.312 bits per heavy atom. The Morgan fingerprint density at radius 2 is 0.854 bits per heavy atom. The van der Waals surface area contributed by atoms with Crippen molar-refractivity contribution in [3.05, 3.63) is 182 Å². The van der Waals surface area contributed by atoms with Gasteiger partial charge in [0, 0.05) is 32.8 Å². The summed E-state index contributed by atoms with van der Waals surface area (Å²) in [6.07, 6.45) is 0. The highest BCUT2D eigenvalue weighted by Crippen LogP contribution is 2.43. The molecular formula is C46H30N2. The maximum atomic E-state index is 2.46. The van der Waals surface area contributed by atoms with Crippen molar-refractivity contribution in [2.75, 3.05) is 0 Å². The number of hydrogen-bond donors (Lipinski definition) is 0. The summed E-state index contributed by atoms with van der Waals surface area (Å²) in [7, 11) is 0. The first-order valence-electron chi connectivity index (χ1n) is 16.5. The van der Waals surface area contributed by atoms with E-state index in [1.165, 1.54) is 88.0 Å². The van der Waals surface area contributed by atoms with Gasteiger partial charge in [0.15, 0.2) is 0 Å². The van der Waals surface area contributed by atoms with Crippen LogP contribution in [0, 0.1) is 0 Å². The molecule has 48 heavy (non-hydrogen) atoms. The van der Waals surface area contributed by atoms with Crippen LogP contribution in [0.3, 0.4) is 0 Å². The molecule has 0 amide bonds. The van der Waals surface area contributed by atoms with Crippen molar-refractivity contribution in [2.24, 2.45) is 0 Å².